The maximum Gasteiger partial charge on any atom is 0.350 e. The predicted molar refractivity (Wildman–Crippen MR) is 90.0 cm³/mol. The highest BCUT2D eigenvalue weighted by atomic mass is 35.5. The second-order valence-corrected chi connectivity index (χ2v) is 5.65. The van der Waals surface area contributed by atoms with E-state index in [1.165, 1.54) is 9.08 Å². The number of carbonyl (C=O) groups is 1. The Balaban J connectivity index is 0.00000192. The molecule has 3 rings (SSSR count). The van der Waals surface area contributed by atoms with E-state index in [1.54, 1.807) is 18.3 Å². The summed E-state index contributed by atoms with van der Waals surface area (Å²) in [6.45, 7) is 1.87. The number of amides is 1. The van der Waals surface area contributed by atoms with Crippen molar-refractivity contribution in [3.05, 3.63) is 34.9 Å². The summed E-state index contributed by atoms with van der Waals surface area (Å²) in [7, 11) is 1.93. The first-order valence-corrected chi connectivity index (χ1v) is 7.68. The molecule has 0 radical (unpaired) electrons. The fourth-order valence-corrected chi connectivity index (χ4v) is 2.91. The molecule has 126 valence electrons. The van der Waals surface area contributed by atoms with Gasteiger partial charge in [0.2, 0.25) is 5.91 Å². The van der Waals surface area contributed by atoms with E-state index in [2.05, 4.69) is 10.4 Å². The van der Waals surface area contributed by atoms with Crippen molar-refractivity contribution < 1.29 is 4.79 Å². The third-order valence-electron chi connectivity index (χ3n) is 4.21. The Morgan fingerprint density at radius 3 is 3.00 bits per heavy atom. The Hall–Kier alpha value is -1.86. The van der Waals surface area contributed by atoms with Gasteiger partial charge in [-0.3, -0.25) is 9.20 Å². The highest BCUT2D eigenvalue weighted by Gasteiger charge is 2.22. The number of nitrogens with one attached hydrogen (secondary N) is 1. The average molecular weight is 340 g/mol. The van der Waals surface area contributed by atoms with Crippen LogP contribution in [-0.2, 0) is 11.3 Å². The van der Waals surface area contributed by atoms with Crippen LogP contribution in [-0.4, -0.2) is 51.2 Å². The number of likely N-dealkylation sites (N-methyl/N-ethyl adjacent to an activating group) is 1. The van der Waals surface area contributed by atoms with Crippen LogP contribution in [0.25, 0.3) is 5.65 Å². The van der Waals surface area contributed by atoms with Crippen LogP contribution in [0.5, 0.6) is 0 Å². The predicted octanol–water partition coefficient (Wildman–Crippen LogP) is 0.518. The summed E-state index contributed by atoms with van der Waals surface area (Å²) in [4.78, 5) is 26.3. The lowest BCUT2D eigenvalue weighted by molar-refractivity contribution is -0.132. The minimum atomic E-state index is -0.199. The van der Waals surface area contributed by atoms with Gasteiger partial charge < -0.3 is 10.2 Å². The van der Waals surface area contributed by atoms with Gasteiger partial charge in [-0.25, -0.2) is 9.48 Å². The maximum atomic E-state index is 12.3. The highest BCUT2D eigenvalue weighted by molar-refractivity contribution is 5.85. The zero-order valence-electron chi connectivity index (χ0n) is 13.1. The van der Waals surface area contributed by atoms with Gasteiger partial charge in [-0.1, -0.05) is 6.07 Å². The molecule has 0 bridgehead atoms. The van der Waals surface area contributed by atoms with Gasteiger partial charge in [0, 0.05) is 31.7 Å². The molecule has 1 fully saturated rings. The van der Waals surface area contributed by atoms with Crippen LogP contribution in [0.3, 0.4) is 0 Å². The normalized spacial score (nSPS) is 18.0. The van der Waals surface area contributed by atoms with Gasteiger partial charge in [-0.15, -0.1) is 17.5 Å². The summed E-state index contributed by atoms with van der Waals surface area (Å²) in [5.41, 5.74) is 0.406. The molecule has 0 saturated carbocycles. The molecule has 1 amide bonds. The summed E-state index contributed by atoms with van der Waals surface area (Å²) in [6.07, 6.45) is 4.11. The number of pyridine rings is 1. The summed E-state index contributed by atoms with van der Waals surface area (Å²) in [5.74, 6) is 0.0870. The van der Waals surface area contributed by atoms with Crippen molar-refractivity contribution >= 4 is 24.0 Å². The molecule has 1 aliphatic heterocycles. The van der Waals surface area contributed by atoms with E-state index < -0.39 is 0 Å². The summed E-state index contributed by atoms with van der Waals surface area (Å²) in [5, 5.41) is 7.47. The zero-order chi connectivity index (χ0) is 15.5. The lowest BCUT2D eigenvalue weighted by Gasteiger charge is -2.32. The Morgan fingerprint density at radius 1 is 1.43 bits per heavy atom. The highest BCUT2D eigenvalue weighted by Crippen LogP contribution is 2.11. The lowest BCUT2D eigenvalue weighted by atomic mass is 10.1. The molecule has 1 unspecified atom stereocenters. The molecule has 3 heterocycles. The number of aryl methyl sites for hydroxylation is 1. The molecule has 23 heavy (non-hydrogen) atoms. The number of hydrogen-bond acceptors (Lipinski definition) is 4. The second-order valence-electron chi connectivity index (χ2n) is 5.65. The average Bonchev–Trinajstić information content (AvgIpc) is 2.89. The van der Waals surface area contributed by atoms with E-state index in [0.29, 0.717) is 24.7 Å². The number of nitrogens with zero attached hydrogens (tertiary/aromatic N) is 4. The maximum absolute atomic E-state index is 12.3. The molecule has 1 atom stereocenters. The van der Waals surface area contributed by atoms with E-state index in [9.17, 15) is 9.59 Å². The quantitative estimate of drug-likeness (QED) is 0.881. The van der Waals surface area contributed by atoms with Crippen LogP contribution in [0.2, 0.25) is 0 Å². The van der Waals surface area contributed by atoms with E-state index >= 15 is 0 Å². The molecule has 7 nitrogen and oxygen atoms in total. The molecular formula is C15H22ClN5O2. The van der Waals surface area contributed by atoms with E-state index in [1.807, 2.05) is 18.0 Å². The van der Waals surface area contributed by atoms with E-state index in [-0.39, 0.29) is 24.0 Å². The molecule has 0 spiro atoms. The van der Waals surface area contributed by atoms with Crippen molar-refractivity contribution in [2.75, 3.05) is 20.1 Å². The monoisotopic (exact) mass is 339 g/mol. The number of halogens is 1. The third kappa shape index (κ3) is 3.73. The Kier molecular flexibility index (Phi) is 5.79. The van der Waals surface area contributed by atoms with Crippen molar-refractivity contribution in [1.82, 2.24) is 24.4 Å². The number of aromatic nitrogens is 3. The van der Waals surface area contributed by atoms with E-state index in [4.69, 9.17) is 0 Å². The first kappa shape index (κ1) is 17.5. The first-order valence-electron chi connectivity index (χ1n) is 7.68. The number of hydrogen-bond donors (Lipinski definition) is 1. The molecule has 1 saturated heterocycles. The fraction of sp³-hybridized carbons (Fsp3) is 0.533. The molecular weight excluding hydrogens is 318 g/mol. The summed E-state index contributed by atoms with van der Waals surface area (Å²) >= 11 is 0. The van der Waals surface area contributed by atoms with Crippen molar-refractivity contribution in [1.29, 1.82) is 0 Å². The molecule has 8 heteroatoms. The number of rotatable bonds is 4. The topological polar surface area (TPSA) is 71.6 Å². The Labute approximate surface area is 140 Å². The largest absolute Gasteiger partial charge is 0.350 e. The first-order chi connectivity index (χ1) is 10.7. The van der Waals surface area contributed by atoms with Gasteiger partial charge in [0.15, 0.2) is 5.65 Å². The molecule has 2 aromatic rings. The SMILES string of the molecule is CNC1CCCN(C(=O)CCn2nc3ccccn3c2=O)C1.Cl. The van der Waals surface area contributed by atoms with Gasteiger partial charge in [0.05, 0.1) is 6.54 Å². The zero-order valence-corrected chi connectivity index (χ0v) is 14.0. The Morgan fingerprint density at radius 2 is 2.26 bits per heavy atom. The molecule has 0 aromatic carbocycles. The minimum absolute atomic E-state index is 0. The molecule has 1 aliphatic rings. The minimum Gasteiger partial charge on any atom is -0.341 e. The second kappa shape index (κ2) is 7.61. The summed E-state index contributed by atoms with van der Waals surface area (Å²) < 4.78 is 2.86. The summed E-state index contributed by atoms with van der Waals surface area (Å²) in [6, 6.07) is 5.78. The van der Waals surface area contributed by atoms with Gasteiger partial charge in [-0.05, 0) is 32.0 Å². The lowest BCUT2D eigenvalue weighted by Crippen LogP contribution is -2.47. The number of piperidine rings is 1. The van der Waals surface area contributed by atoms with Gasteiger partial charge >= 0.3 is 5.69 Å². The van der Waals surface area contributed by atoms with Crippen LogP contribution in [0.4, 0.5) is 0 Å². The van der Waals surface area contributed by atoms with Crippen molar-refractivity contribution in [2.24, 2.45) is 0 Å². The fourth-order valence-electron chi connectivity index (χ4n) is 2.91. The number of fused-ring (bicyclic) bond motifs is 1. The van der Waals surface area contributed by atoms with Gasteiger partial charge in [0.1, 0.15) is 0 Å². The molecule has 2 aromatic heterocycles. The third-order valence-corrected chi connectivity index (χ3v) is 4.21. The smallest absolute Gasteiger partial charge is 0.341 e. The molecule has 1 N–H and O–H groups in total. The van der Waals surface area contributed by atoms with Crippen LogP contribution < -0.4 is 11.0 Å². The van der Waals surface area contributed by atoms with Crippen molar-refractivity contribution in [3.63, 3.8) is 0 Å². The standard InChI is InChI=1S/C15H21N5O2.ClH/c1-16-12-5-4-8-18(11-12)14(21)7-10-20-15(22)19-9-3-2-6-13(19)17-20;/h2-3,6,9,12,16H,4-5,7-8,10-11H2,1H3;1H. The van der Waals surface area contributed by atoms with Crippen LogP contribution in [0.1, 0.15) is 19.3 Å². The van der Waals surface area contributed by atoms with Crippen LogP contribution >= 0.6 is 12.4 Å². The van der Waals surface area contributed by atoms with Gasteiger partial charge in [-0.2, -0.15) is 0 Å². The number of likely N-dealkylation sites (tertiary alicyclic amines) is 1. The van der Waals surface area contributed by atoms with Gasteiger partial charge in [0.25, 0.3) is 0 Å². The number of carbonyl (C=O) groups excluding carboxylic acids is 1. The van der Waals surface area contributed by atoms with Crippen molar-refractivity contribution in [2.45, 2.75) is 31.8 Å². The van der Waals surface area contributed by atoms with Crippen LogP contribution in [0.15, 0.2) is 29.2 Å². The molecule has 0 aliphatic carbocycles. The van der Waals surface area contributed by atoms with Crippen LogP contribution in [0, 0.1) is 0 Å². The Bertz CT molecular complexity index is 726. The van der Waals surface area contributed by atoms with Crippen molar-refractivity contribution in [3.8, 4) is 0 Å². The van der Waals surface area contributed by atoms with E-state index in [0.717, 1.165) is 25.9 Å².